The Hall–Kier alpha value is -2.27. The quantitative estimate of drug-likeness (QED) is 0.705. The normalized spacial score (nSPS) is 14.8. The maximum Gasteiger partial charge on any atom is 0.254 e. The molecule has 3 aromatic rings. The van der Waals surface area contributed by atoms with Gasteiger partial charge in [0.05, 0.1) is 11.0 Å². The summed E-state index contributed by atoms with van der Waals surface area (Å²) in [6.45, 7) is 1.76. The summed E-state index contributed by atoms with van der Waals surface area (Å²) in [5.74, 6) is 0.899. The number of carbonyl (C=O) groups excluding carboxylic acids is 1. The molecule has 0 spiro atoms. The van der Waals surface area contributed by atoms with Crippen LogP contribution in [0.4, 0.5) is 0 Å². The molecule has 2 aromatic carbocycles. The van der Waals surface area contributed by atoms with Gasteiger partial charge in [0.15, 0.2) is 5.16 Å². The van der Waals surface area contributed by atoms with Crippen LogP contribution in [0, 0.1) is 0 Å². The summed E-state index contributed by atoms with van der Waals surface area (Å²) >= 11 is 1.64. The molecule has 1 aliphatic rings. The number of aromatic nitrogens is 2. The number of thioether (sulfide) groups is 1. The SMILES string of the molecule is O=C(c1ccccc1CSc1nc2ccccc2[nH]1)N1CCCCC1. The van der Waals surface area contributed by atoms with Crippen molar-refractivity contribution in [2.45, 2.75) is 30.2 Å². The number of imidazole rings is 1. The van der Waals surface area contributed by atoms with Crippen LogP contribution in [0.2, 0.25) is 0 Å². The molecule has 5 heteroatoms. The summed E-state index contributed by atoms with van der Waals surface area (Å²) in [5.41, 5.74) is 3.92. The first-order chi connectivity index (χ1) is 12.3. The Morgan fingerprint density at radius 3 is 2.64 bits per heavy atom. The molecule has 0 atom stereocenters. The number of aromatic amines is 1. The molecule has 0 bridgehead atoms. The van der Waals surface area contributed by atoms with Crippen molar-refractivity contribution in [3.05, 3.63) is 59.7 Å². The molecule has 2 heterocycles. The Morgan fingerprint density at radius 2 is 1.80 bits per heavy atom. The van der Waals surface area contributed by atoms with E-state index < -0.39 is 0 Å². The lowest BCUT2D eigenvalue weighted by Crippen LogP contribution is -2.36. The first kappa shape index (κ1) is 16.2. The van der Waals surface area contributed by atoms with Crippen LogP contribution in [-0.2, 0) is 5.75 Å². The molecule has 1 fully saturated rings. The zero-order chi connectivity index (χ0) is 17.1. The lowest BCUT2D eigenvalue weighted by atomic mass is 10.1. The van der Waals surface area contributed by atoms with Crippen molar-refractivity contribution in [3.8, 4) is 0 Å². The Kier molecular flexibility index (Phi) is 4.74. The number of carbonyl (C=O) groups is 1. The first-order valence-electron chi connectivity index (χ1n) is 8.76. The molecule has 1 aromatic heterocycles. The van der Waals surface area contributed by atoms with Gasteiger partial charge in [0.2, 0.25) is 0 Å². The summed E-state index contributed by atoms with van der Waals surface area (Å²) in [4.78, 5) is 22.8. The number of H-pyrrole nitrogens is 1. The van der Waals surface area contributed by atoms with Crippen LogP contribution in [0.1, 0.15) is 35.2 Å². The monoisotopic (exact) mass is 351 g/mol. The third kappa shape index (κ3) is 3.56. The maximum atomic E-state index is 12.9. The van der Waals surface area contributed by atoms with E-state index >= 15 is 0 Å². The lowest BCUT2D eigenvalue weighted by Gasteiger charge is -2.27. The highest BCUT2D eigenvalue weighted by atomic mass is 32.2. The number of para-hydroxylation sites is 2. The van der Waals surface area contributed by atoms with E-state index in [2.05, 4.69) is 9.97 Å². The fraction of sp³-hybridized carbons (Fsp3) is 0.300. The summed E-state index contributed by atoms with van der Waals surface area (Å²) in [6.07, 6.45) is 3.45. The minimum Gasteiger partial charge on any atom is -0.339 e. The number of benzene rings is 2. The Bertz CT molecular complexity index is 850. The number of fused-ring (bicyclic) bond motifs is 1. The van der Waals surface area contributed by atoms with Crippen molar-refractivity contribution < 1.29 is 4.79 Å². The molecule has 128 valence electrons. The summed E-state index contributed by atoms with van der Waals surface area (Å²) in [7, 11) is 0. The van der Waals surface area contributed by atoms with Gasteiger partial charge in [0, 0.05) is 24.4 Å². The third-order valence-corrected chi connectivity index (χ3v) is 5.55. The zero-order valence-corrected chi connectivity index (χ0v) is 14.9. The topological polar surface area (TPSA) is 49.0 Å². The standard InChI is InChI=1S/C20H21N3OS/c24-19(23-12-6-1-7-13-23)16-9-3-2-8-15(16)14-25-20-21-17-10-4-5-11-18(17)22-20/h2-5,8-11H,1,6-7,12-14H2,(H,21,22). The van der Waals surface area contributed by atoms with E-state index in [1.54, 1.807) is 11.8 Å². The van der Waals surface area contributed by atoms with Gasteiger partial charge in [-0.2, -0.15) is 0 Å². The van der Waals surface area contributed by atoms with E-state index in [9.17, 15) is 4.79 Å². The highest BCUT2D eigenvalue weighted by molar-refractivity contribution is 7.98. The van der Waals surface area contributed by atoms with Crippen molar-refractivity contribution >= 4 is 28.7 Å². The lowest BCUT2D eigenvalue weighted by molar-refractivity contribution is 0.0723. The minimum atomic E-state index is 0.167. The van der Waals surface area contributed by atoms with Gasteiger partial charge in [-0.05, 0) is 43.0 Å². The predicted molar refractivity (Wildman–Crippen MR) is 102 cm³/mol. The van der Waals surface area contributed by atoms with Gasteiger partial charge in [0.1, 0.15) is 0 Å². The van der Waals surface area contributed by atoms with Gasteiger partial charge >= 0.3 is 0 Å². The molecule has 1 N–H and O–H groups in total. The molecule has 1 amide bonds. The van der Waals surface area contributed by atoms with Gasteiger partial charge in [-0.1, -0.05) is 42.1 Å². The molecule has 1 aliphatic heterocycles. The van der Waals surface area contributed by atoms with Crippen LogP contribution in [-0.4, -0.2) is 33.9 Å². The largest absolute Gasteiger partial charge is 0.339 e. The molecule has 4 nitrogen and oxygen atoms in total. The van der Waals surface area contributed by atoms with Crippen molar-refractivity contribution in [3.63, 3.8) is 0 Å². The van der Waals surface area contributed by atoms with Crippen molar-refractivity contribution in [1.29, 1.82) is 0 Å². The van der Waals surface area contributed by atoms with E-state index in [1.165, 1.54) is 6.42 Å². The van der Waals surface area contributed by atoms with Crippen LogP contribution in [0.3, 0.4) is 0 Å². The zero-order valence-electron chi connectivity index (χ0n) is 14.1. The van der Waals surface area contributed by atoms with Crippen molar-refractivity contribution in [2.24, 2.45) is 0 Å². The number of nitrogens with one attached hydrogen (secondary N) is 1. The van der Waals surface area contributed by atoms with Gasteiger partial charge in [0.25, 0.3) is 5.91 Å². The number of rotatable bonds is 4. The predicted octanol–water partition coefficient (Wildman–Crippen LogP) is 4.48. The summed E-state index contributed by atoms with van der Waals surface area (Å²) < 4.78 is 0. The molecule has 0 aliphatic carbocycles. The Morgan fingerprint density at radius 1 is 1.04 bits per heavy atom. The number of likely N-dealkylation sites (tertiary alicyclic amines) is 1. The number of piperidine rings is 1. The van der Waals surface area contributed by atoms with Crippen LogP contribution < -0.4 is 0 Å². The van der Waals surface area contributed by atoms with Gasteiger partial charge < -0.3 is 9.88 Å². The average Bonchev–Trinajstić information content (AvgIpc) is 3.10. The molecular formula is C20H21N3OS. The summed E-state index contributed by atoms with van der Waals surface area (Å²) in [6, 6.07) is 16.0. The van der Waals surface area contributed by atoms with Crippen molar-refractivity contribution in [1.82, 2.24) is 14.9 Å². The Labute approximate surface area is 151 Å². The average molecular weight is 351 g/mol. The number of nitrogens with zero attached hydrogens (tertiary/aromatic N) is 2. The highest BCUT2D eigenvalue weighted by Gasteiger charge is 2.20. The third-order valence-electron chi connectivity index (χ3n) is 4.62. The van der Waals surface area contributed by atoms with E-state index in [4.69, 9.17) is 0 Å². The van der Waals surface area contributed by atoms with E-state index in [1.807, 2.05) is 53.4 Å². The van der Waals surface area contributed by atoms with E-state index in [0.29, 0.717) is 0 Å². The maximum absolute atomic E-state index is 12.9. The van der Waals surface area contributed by atoms with Gasteiger partial charge in [-0.15, -0.1) is 0 Å². The highest BCUT2D eigenvalue weighted by Crippen LogP contribution is 2.25. The molecule has 4 rings (SSSR count). The minimum absolute atomic E-state index is 0.167. The number of hydrogen-bond acceptors (Lipinski definition) is 3. The second-order valence-electron chi connectivity index (χ2n) is 6.36. The van der Waals surface area contributed by atoms with Crippen LogP contribution >= 0.6 is 11.8 Å². The van der Waals surface area contributed by atoms with Gasteiger partial charge in [-0.25, -0.2) is 4.98 Å². The molecule has 0 unspecified atom stereocenters. The Balaban J connectivity index is 1.51. The second kappa shape index (κ2) is 7.31. The number of hydrogen-bond donors (Lipinski definition) is 1. The number of amides is 1. The fourth-order valence-electron chi connectivity index (χ4n) is 3.27. The second-order valence-corrected chi connectivity index (χ2v) is 7.32. The fourth-order valence-corrected chi connectivity index (χ4v) is 4.15. The van der Waals surface area contributed by atoms with Crippen LogP contribution in [0.15, 0.2) is 53.7 Å². The van der Waals surface area contributed by atoms with Crippen LogP contribution in [0.5, 0.6) is 0 Å². The molecule has 25 heavy (non-hydrogen) atoms. The van der Waals surface area contributed by atoms with Gasteiger partial charge in [-0.3, -0.25) is 4.79 Å². The first-order valence-corrected chi connectivity index (χ1v) is 9.74. The van der Waals surface area contributed by atoms with E-state index in [-0.39, 0.29) is 5.91 Å². The molecule has 0 saturated carbocycles. The smallest absolute Gasteiger partial charge is 0.254 e. The molecule has 1 saturated heterocycles. The molecular weight excluding hydrogens is 330 g/mol. The van der Waals surface area contributed by atoms with E-state index in [0.717, 1.165) is 59.0 Å². The van der Waals surface area contributed by atoms with Crippen molar-refractivity contribution in [2.75, 3.05) is 13.1 Å². The molecule has 0 radical (unpaired) electrons. The summed E-state index contributed by atoms with van der Waals surface area (Å²) in [5, 5.41) is 0.890. The van der Waals surface area contributed by atoms with Crippen LogP contribution in [0.25, 0.3) is 11.0 Å².